The number of carbonyl (C=O) groups excluding carboxylic acids is 1. The molecule has 2 rings (SSSR count). The molecule has 0 heterocycles. The van der Waals surface area contributed by atoms with Gasteiger partial charge in [0.2, 0.25) is 0 Å². The maximum atomic E-state index is 12.8. The Hall–Kier alpha value is -1.55. The maximum Gasteiger partial charge on any atom is 0.254 e. The van der Waals surface area contributed by atoms with Crippen LogP contribution in [0.5, 0.6) is 5.75 Å². The minimum Gasteiger partial charge on any atom is -0.496 e. The van der Waals surface area contributed by atoms with E-state index in [0.717, 1.165) is 37.1 Å². The van der Waals surface area contributed by atoms with Crippen molar-refractivity contribution >= 4 is 5.91 Å². The molecule has 1 aliphatic carbocycles. The highest BCUT2D eigenvalue weighted by atomic mass is 16.5. The molecule has 1 aliphatic rings. The van der Waals surface area contributed by atoms with E-state index < -0.39 is 0 Å². The average molecular weight is 290 g/mol. The number of aryl methyl sites for hydroxylation is 1. The normalized spacial score (nSPS) is 15.2. The smallest absolute Gasteiger partial charge is 0.254 e. The molecule has 0 aromatic heterocycles. The molecule has 0 atom stereocenters. The highest BCUT2D eigenvalue weighted by Gasteiger charge is 2.27. The Balaban J connectivity index is 2.20. The van der Waals surface area contributed by atoms with Gasteiger partial charge in [-0.05, 0) is 50.4 Å². The number of methoxy groups -OCH3 is 1. The molecule has 4 heteroatoms. The van der Waals surface area contributed by atoms with E-state index >= 15 is 0 Å². The van der Waals surface area contributed by atoms with Crippen LogP contribution in [0, 0.1) is 6.92 Å². The fraction of sp³-hybridized carbons (Fsp3) is 0.588. The Morgan fingerprint density at radius 3 is 2.71 bits per heavy atom. The molecule has 0 spiro atoms. The molecule has 0 radical (unpaired) electrons. The first-order chi connectivity index (χ1) is 10.2. The van der Waals surface area contributed by atoms with E-state index in [9.17, 15) is 4.79 Å². The third-order valence-electron chi connectivity index (χ3n) is 4.28. The van der Waals surface area contributed by atoms with Crippen LogP contribution in [0.4, 0.5) is 0 Å². The summed E-state index contributed by atoms with van der Waals surface area (Å²) in [7, 11) is 1.64. The lowest BCUT2D eigenvalue weighted by molar-refractivity contribution is 0.0680. The number of benzene rings is 1. The molecular weight excluding hydrogens is 264 g/mol. The van der Waals surface area contributed by atoms with Crippen molar-refractivity contribution in [2.24, 2.45) is 5.73 Å². The largest absolute Gasteiger partial charge is 0.496 e. The standard InChI is InChI=1S/C17H26N2O2/c1-13-8-9-14(12-16(13)21-2)17(20)19(11-5-10-18)15-6-3-4-7-15/h8-9,12,15H,3-7,10-11,18H2,1-2H3. The number of amides is 1. The predicted octanol–water partition coefficient (Wildman–Crippen LogP) is 2.74. The van der Waals surface area contributed by atoms with E-state index in [1.807, 2.05) is 30.0 Å². The van der Waals surface area contributed by atoms with Crippen LogP contribution < -0.4 is 10.5 Å². The number of hydrogen-bond donors (Lipinski definition) is 1. The van der Waals surface area contributed by atoms with Crippen molar-refractivity contribution in [2.45, 2.75) is 45.1 Å². The Morgan fingerprint density at radius 1 is 1.38 bits per heavy atom. The highest BCUT2D eigenvalue weighted by Crippen LogP contribution is 2.26. The minimum atomic E-state index is 0.105. The molecule has 116 valence electrons. The van der Waals surface area contributed by atoms with Gasteiger partial charge in [-0.2, -0.15) is 0 Å². The quantitative estimate of drug-likeness (QED) is 0.876. The van der Waals surface area contributed by atoms with Gasteiger partial charge in [-0.25, -0.2) is 0 Å². The molecule has 1 saturated carbocycles. The van der Waals surface area contributed by atoms with Crippen LogP contribution in [-0.2, 0) is 0 Å². The van der Waals surface area contributed by atoms with Gasteiger partial charge in [0, 0.05) is 18.2 Å². The number of rotatable bonds is 6. The van der Waals surface area contributed by atoms with Gasteiger partial charge in [-0.3, -0.25) is 4.79 Å². The zero-order valence-corrected chi connectivity index (χ0v) is 13.1. The Kier molecular flexibility index (Phi) is 5.62. The third kappa shape index (κ3) is 3.76. The molecule has 0 saturated heterocycles. The molecular formula is C17H26N2O2. The van der Waals surface area contributed by atoms with Crippen LogP contribution in [0.2, 0.25) is 0 Å². The second-order valence-electron chi connectivity index (χ2n) is 5.76. The first kappa shape index (κ1) is 15.8. The molecule has 4 nitrogen and oxygen atoms in total. The molecule has 1 aromatic carbocycles. The molecule has 1 fully saturated rings. The van der Waals surface area contributed by atoms with Crippen LogP contribution in [0.1, 0.15) is 48.0 Å². The van der Waals surface area contributed by atoms with Gasteiger partial charge in [0.15, 0.2) is 0 Å². The van der Waals surface area contributed by atoms with Crippen molar-refractivity contribution in [3.63, 3.8) is 0 Å². The van der Waals surface area contributed by atoms with Gasteiger partial charge in [0.25, 0.3) is 5.91 Å². The molecule has 2 N–H and O–H groups in total. The van der Waals surface area contributed by atoms with Crippen molar-refractivity contribution in [3.8, 4) is 5.75 Å². The summed E-state index contributed by atoms with van der Waals surface area (Å²) in [6, 6.07) is 6.06. The van der Waals surface area contributed by atoms with E-state index in [1.54, 1.807) is 7.11 Å². The van der Waals surface area contributed by atoms with Crippen LogP contribution in [0.15, 0.2) is 18.2 Å². The summed E-state index contributed by atoms with van der Waals surface area (Å²) < 4.78 is 5.33. The lowest BCUT2D eigenvalue weighted by atomic mass is 10.1. The summed E-state index contributed by atoms with van der Waals surface area (Å²) in [5, 5.41) is 0. The van der Waals surface area contributed by atoms with Crippen molar-refractivity contribution in [1.29, 1.82) is 0 Å². The summed E-state index contributed by atoms with van der Waals surface area (Å²) in [5.41, 5.74) is 7.38. The molecule has 0 unspecified atom stereocenters. The fourth-order valence-corrected chi connectivity index (χ4v) is 3.05. The number of hydrogen-bond acceptors (Lipinski definition) is 3. The Labute approximate surface area is 127 Å². The van der Waals surface area contributed by atoms with Gasteiger partial charge in [-0.15, -0.1) is 0 Å². The van der Waals surface area contributed by atoms with Gasteiger partial charge in [-0.1, -0.05) is 18.9 Å². The zero-order valence-electron chi connectivity index (χ0n) is 13.1. The van der Waals surface area contributed by atoms with Gasteiger partial charge in [0.05, 0.1) is 7.11 Å². The number of ether oxygens (including phenoxy) is 1. The van der Waals surface area contributed by atoms with Crippen LogP contribution in [-0.4, -0.2) is 37.0 Å². The van der Waals surface area contributed by atoms with Gasteiger partial charge in [0.1, 0.15) is 5.75 Å². The van der Waals surface area contributed by atoms with Crippen LogP contribution in [0.3, 0.4) is 0 Å². The monoisotopic (exact) mass is 290 g/mol. The van der Waals surface area contributed by atoms with E-state index in [4.69, 9.17) is 10.5 Å². The summed E-state index contributed by atoms with van der Waals surface area (Å²) in [5.74, 6) is 0.875. The number of nitrogens with two attached hydrogens (primary N) is 1. The van der Waals surface area contributed by atoms with Crippen molar-refractivity contribution < 1.29 is 9.53 Å². The van der Waals surface area contributed by atoms with Crippen molar-refractivity contribution in [2.75, 3.05) is 20.2 Å². The van der Waals surface area contributed by atoms with Gasteiger partial charge < -0.3 is 15.4 Å². The van der Waals surface area contributed by atoms with E-state index in [2.05, 4.69) is 0 Å². The summed E-state index contributed by atoms with van der Waals surface area (Å²) >= 11 is 0. The average Bonchev–Trinajstić information content (AvgIpc) is 3.02. The zero-order chi connectivity index (χ0) is 15.2. The summed E-state index contributed by atoms with van der Waals surface area (Å²) in [4.78, 5) is 14.9. The predicted molar refractivity (Wildman–Crippen MR) is 84.7 cm³/mol. The first-order valence-corrected chi connectivity index (χ1v) is 7.83. The summed E-state index contributed by atoms with van der Waals surface area (Å²) in [6.45, 7) is 3.35. The molecule has 21 heavy (non-hydrogen) atoms. The highest BCUT2D eigenvalue weighted by molar-refractivity contribution is 5.95. The second-order valence-corrected chi connectivity index (χ2v) is 5.76. The number of nitrogens with zero attached hydrogens (tertiary/aromatic N) is 1. The van der Waals surface area contributed by atoms with Crippen LogP contribution >= 0.6 is 0 Å². The lowest BCUT2D eigenvalue weighted by Crippen LogP contribution is -2.40. The SMILES string of the molecule is COc1cc(C(=O)N(CCCN)C2CCCC2)ccc1C. The maximum absolute atomic E-state index is 12.8. The van der Waals surface area contributed by atoms with E-state index in [-0.39, 0.29) is 5.91 Å². The summed E-state index contributed by atoms with van der Waals surface area (Å²) in [6.07, 6.45) is 5.51. The van der Waals surface area contributed by atoms with E-state index in [0.29, 0.717) is 18.2 Å². The minimum absolute atomic E-state index is 0.105. The topological polar surface area (TPSA) is 55.6 Å². The van der Waals surface area contributed by atoms with Gasteiger partial charge >= 0.3 is 0 Å². The third-order valence-corrected chi connectivity index (χ3v) is 4.28. The molecule has 1 aromatic rings. The van der Waals surface area contributed by atoms with Crippen molar-refractivity contribution in [1.82, 2.24) is 4.90 Å². The van der Waals surface area contributed by atoms with Crippen molar-refractivity contribution in [3.05, 3.63) is 29.3 Å². The molecule has 0 aliphatic heterocycles. The Bertz CT molecular complexity index is 482. The molecule has 1 amide bonds. The van der Waals surface area contributed by atoms with Crippen LogP contribution in [0.25, 0.3) is 0 Å². The number of carbonyl (C=O) groups is 1. The lowest BCUT2D eigenvalue weighted by Gasteiger charge is -2.29. The first-order valence-electron chi connectivity index (χ1n) is 7.83. The Morgan fingerprint density at radius 2 is 2.10 bits per heavy atom. The second kappa shape index (κ2) is 7.46. The van der Waals surface area contributed by atoms with E-state index in [1.165, 1.54) is 12.8 Å². The fourth-order valence-electron chi connectivity index (χ4n) is 3.05. The molecule has 0 bridgehead atoms.